The molecule has 4 nitrogen and oxygen atoms in total. The normalized spacial score (nSPS) is 10.1. The van der Waals surface area contributed by atoms with E-state index in [1.54, 1.807) is 6.92 Å². The van der Waals surface area contributed by atoms with Crippen LogP contribution in [0.15, 0.2) is 28.7 Å². The van der Waals surface area contributed by atoms with E-state index in [1.165, 1.54) is 11.6 Å². The van der Waals surface area contributed by atoms with Crippen LogP contribution in [0.1, 0.15) is 28.7 Å². The van der Waals surface area contributed by atoms with Gasteiger partial charge in [-0.05, 0) is 31.2 Å². The highest BCUT2D eigenvalue weighted by atomic mass is 79.9. The number of carbonyl (C=O) groups excluding carboxylic acids is 1. The van der Waals surface area contributed by atoms with E-state index in [1.807, 2.05) is 30.3 Å². The molecular formula is C13H10BrN3O. The van der Waals surface area contributed by atoms with Crippen LogP contribution in [-0.2, 0) is 0 Å². The molecule has 2 aromatic rings. The predicted octanol–water partition coefficient (Wildman–Crippen LogP) is 3.02. The van der Waals surface area contributed by atoms with Gasteiger partial charge in [0.05, 0.1) is 5.69 Å². The lowest BCUT2D eigenvalue weighted by Gasteiger charge is -2.05. The minimum absolute atomic E-state index is 0.107. The summed E-state index contributed by atoms with van der Waals surface area (Å²) in [4.78, 5) is 11.7. The third-order valence-electron chi connectivity index (χ3n) is 2.63. The lowest BCUT2D eigenvalue weighted by molar-refractivity contribution is 0.101. The first-order valence-electron chi connectivity index (χ1n) is 5.31. The molecule has 0 bridgehead atoms. The molecule has 0 radical (unpaired) electrons. The smallest absolute Gasteiger partial charge is 0.178 e. The second-order valence-electron chi connectivity index (χ2n) is 3.88. The molecule has 0 saturated carbocycles. The Morgan fingerprint density at radius 2 is 2.00 bits per heavy atom. The second kappa shape index (κ2) is 4.75. The number of hydrogen-bond acceptors (Lipinski definition) is 3. The Morgan fingerprint density at radius 1 is 1.39 bits per heavy atom. The third-order valence-corrected chi connectivity index (χ3v) is 3.16. The summed E-state index contributed by atoms with van der Waals surface area (Å²) in [6.07, 6.45) is 0. The summed E-state index contributed by atoms with van der Waals surface area (Å²) >= 11 is 3.35. The fraction of sp³-hybridized carbons (Fsp3) is 0.154. The molecule has 18 heavy (non-hydrogen) atoms. The van der Waals surface area contributed by atoms with Gasteiger partial charge in [-0.1, -0.05) is 15.9 Å². The molecule has 0 unspecified atom stereocenters. The summed E-state index contributed by atoms with van der Waals surface area (Å²) in [5.41, 5.74) is 2.11. The van der Waals surface area contributed by atoms with E-state index < -0.39 is 0 Å². The molecular weight excluding hydrogens is 294 g/mol. The highest BCUT2D eigenvalue weighted by Crippen LogP contribution is 2.20. The summed E-state index contributed by atoms with van der Waals surface area (Å²) < 4.78 is 2.46. The third kappa shape index (κ3) is 2.07. The molecule has 1 heterocycles. The Morgan fingerprint density at radius 3 is 2.50 bits per heavy atom. The first-order valence-corrected chi connectivity index (χ1v) is 6.10. The van der Waals surface area contributed by atoms with Crippen LogP contribution in [0.2, 0.25) is 0 Å². The Kier molecular flexibility index (Phi) is 3.30. The number of Topliss-reactive ketones (excluding diaryl/α,β-unsaturated/α-hetero) is 1. The highest BCUT2D eigenvalue weighted by molar-refractivity contribution is 9.10. The quantitative estimate of drug-likeness (QED) is 0.801. The van der Waals surface area contributed by atoms with Crippen molar-refractivity contribution in [2.45, 2.75) is 13.8 Å². The van der Waals surface area contributed by atoms with E-state index in [0.717, 1.165) is 10.2 Å². The van der Waals surface area contributed by atoms with Crippen molar-refractivity contribution in [1.29, 1.82) is 5.26 Å². The number of hydrogen-bond donors (Lipinski definition) is 0. The molecule has 0 aliphatic carbocycles. The van der Waals surface area contributed by atoms with Crippen LogP contribution >= 0.6 is 15.9 Å². The van der Waals surface area contributed by atoms with Crippen molar-refractivity contribution in [2.75, 3.05) is 0 Å². The molecule has 0 spiro atoms. The number of rotatable bonds is 2. The summed E-state index contributed by atoms with van der Waals surface area (Å²) in [6, 6.07) is 9.40. The van der Waals surface area contributed by atoms with Gasteiger partial charge in [-0.2, -0.15) is 10.4 Å². The zero-order chi connectivity index (χ0) is 13.3. The summed E-state index contributed by atoms with van der Waals surface area (Å²) in [5.74, 6) is -0.107. The van der Waals surface area contributed by atoms with Crippen molar-refractivity contribution in [3.8, 4) is 11.8 Å². The van der Waals surface area contributed by atoms with Gasteiger partial charge < -0.3 is 0 Å². The maximum absolute atomic E-state index is 11.7. The van der Waals surface area contributed by atoms with Crippen LogP contribution in [0.4, 0.5) is 0 Å². The zero-order valence-corrected chi connectivity index (χ0v) is 11.5. The maximum Gasteiger partial charge on any atom is 0.178 e. The SMILES string of the molecule is CC(=O)c1c(C)c(C#N)nn1-c1ccc(Br)cc1. The molecule has 1 aromatic heterocycles. The van der Waals surface area contributed by atoms with Crippen LogP contribution in [0.25, 0.3) is 5.69 Å². The molecule has 2 rings (SSSR count). The molecule has 0 aliphatic heterocycles. The van der Waals surface area contributed by atoms with E-state index in [4.69, 9.17) is 5.26 Å². The van der Waals surface area contributed by atoms with Gasteiger partial charge in [0.1, 0.15) is 11.8 Å². The molecule has 90 valence electrons. The van der Waals surface area contributed by atoms with Gasteiger partial charge in [-0.3, -0.25) is 4.79 Å². The Labute approximate surface area is 113 Å². The van der Waals surface area contributed by atoms with Crippen molar-refractivity contribution < 1.29 is 4.79 Å². The van der Waals surface area contributed by atoms with Gasteiger partial charge in [-0.15, -0.1) is 0 Å². The van der Waals surface area contributed by atoms with Crippen LogP contribution in [-0.4, -0.2) is 15.6 Å². The van der Waals surface area contributed by atoms with E-state index in [0.29, 0.717) is 11.3 Å². The Hall–Kier alpha value is -1.93. The standard InChI is InChI=1S/C13H10BrN3O/c1-8-12(7-15)16-17(13(8)9(2)18)11-5-3-10(14)4-6-11/h3-6H,1-2H3. The van der Waals surface area contributed by atoms with Crippen LogP contribution in [0.3, 0.4) is 0 Å². The molecule has 0 amide bonds. The zero-order valence-electron chi connectivity index (χ0n) is 9.94. The van der Waals surface area contributed by atoms with Gasteiger partial charge in [0, 0.05) is 17.0 Å². The van der Waals surface area contributed by atoms with Crippen molar-refractivity contribution in [1.82, 2.24) is 9.78 Å². The van der Waals surface area contributed by atoms with Crippen molar-refractivity contribution in [3.63, 3.8) is 0 Å². The first-order chi connectivity index (χ1) is 8.54. The molecule has 0 fully saturated rings. The topological polar surface area (TPSA) is 58.7 Å². The number of ketones is 1. The van der Waals surface area contributed by atoms with Crippen molar-refractivity contribution in [3.05, 3.63) is 45.7 Å². The minimum atomic E-state index is -0.107. The average molecular weight is 304 g/mol. The highest BCUT2D eigenvalue weighted by Gasteiger charge is 2.18. The molecule has 1 aromatic carbocycles. The average Bonchev–Trinajstić information content (AvgIpc) is 2.67. The molecule has 0 aliphatic rings. The van der Waals surface area contributed by atoms with Gasteiger partial charge in [0.15, 0.2) is 11.5 Å². The van der Waals surface area contributed by atoms with Gasteiger partial charge in [0.2, 0.25) is 0 Å². The van der Waals surface area contributed by atoms with Crippen molar-refractivity contribution in [2.24, 2.45) is 0 Å². The fourth-order valence-electron chi connectivity index (χ4n) is 1.78. The predicted molar refractivity (Wildman–Crippen MR) is 70.7 cm³/mol. The second-order valence-corrected chi connectivity index (χ2v) is 4.79. The Balaban J connectivity index is 2.68. The first kappa shape index (κ1) is 12.5. The van der Waals surface area contributed by atoms with E-state index in [9.17, 15) is 4.79 Å². The van der Waals surface area contributed by atoms with E-state index >= 15 is 0 Å². The monoisotopic (exact) mass is 303 g/mol. The number of aromatic nitrogens is 2. The summed E-state index contributed by atoms with van der Waals surface area (Å²) in [5, 5.41) is 13.2. The molecule has 0 saturated heterocycles. The lowest BCUT2D eigenvalue weighted by atomic mass is 10.1. The van der Waals surface area contributed by atoms with Gasteiger partial charge in [0.25, 0.3) is 0 Å². The molecule has 5 heteroatoms. The summed E-state index contributed by atoms with van der Waals surface area (Å²) in [7, 11) is 0. The number of carbonyl (C=O) groups is 1. The largest absolute Gasteiger partial charge is 0.293 e. The Bertz CT molecular complexity index is 650. The number of halogens is 1. The minimum Gasteiger partial charge on any atom is -0.293 e. The lowest BCUT2D eigenvalue weighted by Crippen LogP contribution is -2.06. The summed E-state index contributed by atoms with van der Waals surface area (Å²) in [6.45, 7) is 3.21. The van der Waals surface area contributed by atoms with E-state index in [2.05, 4.69) is 21.0 Å². The number of nitriles is 1. The number of benzene rings is 1. The van der Waals surface area contributed by atoms with Gasteiger partial charge in [-0.25, -0.2) is 4.68 Å². The maximum atomic E-state index is 11.7. The van der Waals surface area contributed by atoms with Gasteiger partial charge >= 0.3 is 0 Å². The van der Waals surface area contributed by atoms with Crippen LogP contribution < -0.4 is 0 Å². The van der Waals surface area contributed by atoms with Crippen molar-refractivity contribution >= 4 is 21.7 Å². The van der Waals surface area contributed by atoms with Crippen LogP contribution in [0, 0.1) is 18.3 Å². The van der Waals surface area contributed by atoms with E-state index in [-0.39, 0.29) is 11.5 Å². The van der Waals surface area contributed by atoms with Crippen LogP contribution in [0.5, 0.6) is 0 Å². The molecule has 0 N–H and O–H groups in total. The molecule has 0 atom stereocenters. The fourth-order valence-corrected chi connectivity index (χ4v) is 2.05. The number of nitrogens with zero attached hydrogens (tertiary/aromatic N) is 3.